The molecule has 0 radical (unpaired) electrons. The number of carbonyl (C=O) groups excluding carboxylic acids is 1. The quantitative estimate of drug-likeness (QED) is 0.866. The summed E-state index contributed by atoms with van der Waals surface area (Å²) in [5.74, 6) is 0.767. The molecule has 0 atom stereocenters. The Bertz CT molecular complexity index is 527. The lowest BCUT2D eigenvalue weighted by Crippen LogP contribution is -2.28. The van der Waals surface area contributed by atoms with Crippen LogP contribution in [0.5, 0.6) is 0 Å². The first kappa shape index (κ1) is 13.4. The van der Waals surface area contributed by atoms with Crippen LogP contribution < -0.4 is 10.6 Å². The highest BCUT2D eigenvalue weighted by atomic mass is 16.3. The van der Waals surface area contributed by atoms with Gasteiger partial charge in [0.2, 0.25) is 5.91 Å². The third-order valence-electron chi connectivity index (χ3n) is 2.91. The van der Waals surface area contributed by atoms with E-state index in [9.17, 15) is 4.79 Å². The number of amides is 1. The van der Waals surface area contributed by atoms with Crippen molar-refractivity contribution in [3.63, 3.8) is 0 Å². The number of anilines is 1. The summed E-state index contributed by atoms with van der Waals surface area (Å²) in [6.45, 7) is 4.78. The maximum Gasteiger partial charge on any atom is 0.238 e. The number of para-hydroxylation sites is 1. The second kappa shape index (κ2) is 6.20. The molecule has 1 aromatic carbocycles. The molecule has 0 bridgehead atoms. The van der Waals surface area contributed by atoms with Gasteiger partial charge in [0.05, 0.1) is 19.4 Å². The third kappa shape index (κ3) is 3.69. The first-order valence-corrected chi connectivity index (χ1v) is 6.26. The Balaban J connectivity index is 1.84. The normalized spacial score (nSPS) is 10.4. The van der Waals surface area contributed by atoms with Crippen LogP contribution in [0.4, 0.5) is 5.69 Å². The van der Waals surface area contributed by atoms with Gasteiger partial charge in [0.15, 0.2) is 0 Å². The lowest BCUT2D eigenvalue weighted by molar-refractivity contribution is -0.115. The van der Waals surface area contributed by atoms with E-state index in [-0.39, 0.29) is 12.5 Å². The van der Waals surface area contributed by atoms with Gasteiger partial charge in [-0.25, -0.2) is 0 Å². The smallest absolute Gasteiger partial charge is 0.238 e. The molecule has 0 aliphatic rings. The van der Waals surface area contributed by atoms with E-state index in [1.165, 1.54) is 0 Å². The zero-order chi connectivity index (χ0) is 13.7. The number of hydrogen-bond donors (Lipinski definition) is 2. The predicted octanol–water partition coefficient (Wildman–Crippen LogP) is 2.62. The van der Waals surface area contributed by atoms with Gasteiger partial charge < -0.3 is 15.1 Å². The van der Waals surface area contributed by atoms with Crippen LogP contribution in [0.1, 0.15) is 16.9 Å². The van der Waals surface area contributed by atoms with E-state index in [0.29, 0.717) is 6.54 Å². The van der Waals surface area contributed by atoms with Crippen LogP contribution in [-0.4, -0.2) is 12.5 Å². The molecular weight excluding hydrogens is 240 g/mol. The van der Waals surface area contributed by atoms with Crippen molar-refractivity contribution in [2.24, 2.45) is 0 Å². The lowest BCUT2D eigenvalue weighted by atomic mass is 10.1. The van der Waals surface area contributed by atoms with Crippen molar-refractivity contribution < 1.29 is 9.21 Å². The van der Waals surface area contributed by atoms with Gasteiger partial charge >= 0.3 is 0 Å². The molecule has 1 heterocycles. The van der Waals surface area contributed by atoms with Gasteiger partial charge in [0.25, 0.3) is 0 Å². The molecule has 100 valence electrons. The number of aryl methyl sites for hydroxylation is 2. The van der Waals surface area contributed by atoms with Gasteiger partial charge in [-0.1, -0.05) is 18.2 Å². The monoisotopic (exact) mass is 258 g/mol. The Labute approximate surface area is 112 Å². The number of furan rings is 1. The molecule has 0 spiro atoms. The van der Waals surface area contributed by atoms with Gasteiger partial charge in [0, 0.05) is 5.69 Å². The van der Waals surface area contributed by atoms with Crippen molar-refractivity contribution in [1.29, 1.82) is 0 Å². The van der Waals surface area contributed by atoms with E-state index >= 15 is 0 Å². The SMILES string of the molecule is Cc1cccc(C)c1NC(=O)CNCc1ccco1. The largest absolute Gasteiger partial charge is 0.468 e. The molecule has 0 saturated carbocycles. The van der Waals surface area contributed by atoms with Crippen molar-refractivity contribution in [3.8, 4) is 0 Å². The van der Waals surface area contributed by atoms with Crippen LogP contribution in [-0.2, 0) is 11.3 Å². The lowest BCUT2D eigenvalue weighted by Gasteiger charge is -2.11. The molecular formula is C15H18N2O2. The molecule has 19 heavy (non-hydrogen) atoms. The fraction of sp³-hybridized carbons (Fsp3) is 0.267. The number of hydrogen-bond acceptors (Lipinski definition) is 3. The van der Waals surface area contributed by atoms with Crippen LogP contribution >= 0.6 is 0 Å². The molecule has 0 aliphatic heterocycles. The summed E-state index contributed by atoms with van der Waals surface area (Å²) in [7, 11) is 0. The summed E-state index contributed by atoms with van der Waals surface area (Å²) in [5.41, 5.74) is 3.03. The molecule has 0 unspecified atom stereocenters. The average molecular weight is 258 g/mol. The van der Waals surface area contributed by atoms with Crippen molar-refractivity contribution in [2.75, 3.05) is 11.9 Å². The van der Waals surface area contributed by atoms with Crippen LogP contribution in [0.25, 0.3) is 0 Å². The van der Waals surface area contributed by atoms with E-state index in [0.717, 1.165) is 22.6 Å². The van der Waals surface area contributed by atoms with Gasteiger partial charge in [-0.15, -0.1) is 0 Å². The van der Waals surface area contributed by atoms with Crippen LogP contribution in [0.3, 0.4) is 0 Å². The molecule has 2 N–H and O–H groups in total. The maximum atomic E-state index is 11.8. The molecule has 0 aliphatic carbocycles. The summed E-state index contributed by atoms with van der Waals surface area (Å²) < 4.78 is 5.18. The Morgan fingerprint density at radius 2 is 1.89 bits per heavy atom. The minimum absolute atomic E-state index is 0.0519. The Morgan fingerprint density at radius 3 is 2.53 bits per heavy atom. The number of carbonyl (C=O) groups is 1. The Morgan fingerprint density at radius 1 is 1.16 bits per heavy atom. The molecule has 0 saturated heterocycles. The highest BCUT2D eigenvalue weighted by Gasteiger charge is 2.06. The molecule has 1 aromatic heterocycles. The summed E-state index contributed by atoms with van der Waals surface area (Å²) in [6.07, 6.45) is 1.62. The first-order valence-electron chi connectivity index (χ1n) is 6.26. The van der Waals surface area contributed by atoms with Crippen molar-refractivity contribution >= 4 is 11.6 Å². The van der Waals surface area contributed by atoms with E-state index in [2.05, 4.69) is 10.6 Å². The second-order valence-electron chi connectivity index (χ2n) is 4.50. The van der Waals surface area contributed by atoms with E-state index in [1.807, 2.05) is 44.2 Å². The van der Waals surface area contributed by atoms with Crippen LogP contribution in [0, 0.1) is 13.8 Å². The standard InChI is InChI=1S/C15H18N2O2/c1-11-5-3-6-12(2)15(11)17-14(18)10-16-9-13-7-4-8-19-13/h3-8,16H,9-10H2,1-2H3,(H,17,18). The Hall–Kier alpha value is -2.07. The molecule has 4 nitrogen and oxygen atoms in total. The molecule has 2 aromatic rings. The predicted molar refractivity (Wildman–Crippen MR) is 75.0 cm³/mol. The topological polar surface area (TPSA) is 54.3 Å². The average Bonchev–Trinajstić information content (AvgIpc) is 2.87. The summed E-state index contributed by atoms with van der Waals surface area (Å²) in [4.78, 5) is 11.8. The third-order valence-corrected chi connectivity index (χ3v) is 2.91. The highest BCUT2D eigenvalue weighted by molar-refractivity contribution is 5.93. The van der Waals surface area contributed by atoms with Gasteiger partial charge in [0.1, 0.15) is 5.76 Å². The van der Waals surface area contributed by atoms with Crippen molar-refractivity contribution in [2.45, 2.75) is 20.4 Å². The van der Waals surface area contributed by atoms with Gasteiger partial charge in [-0.05, 0) is 37.1 Å². The van der Waals surface area contributed by atoms with Crippen molar-refractivity contribution in [1.82, 2.24) is 5.32 Å². The van der Waals surface area contributed by atoms with Gasteiger partial charge in [-0.2, -0.15) is 0 Å². The number of benzene rings is 1. The second-order valence-corrected chi connectivity index (χ2v) is 4.50. The summed E-state index contributed by atoms with van der Waals surface area (Å²) in [5, 5.41) is 5.97. The fourth-order valence-electron chi connectivity index (χ4n) is 1.91. The van der Waals surface area contributed by atoms with Crippen LogP contribution in [0.2, 0.25) is 0 Å². The molecule has 4 heteroatoms. The number of rotatable bonds is 5. The summed E-state index contributed by atoms with van der Waals surface area (Å²) >= 11 is 0. The summed E-state index contributed by atoms with van der Waals surface area (Å²) in [6, 6.07) is 9.65. The van der Waals surface area contributed by atoms with Gasteiger partial charge in [-0.3, -0.25) is 4.79 Å². The zero-order valence-corrected chi connectivity index (χ0v) is 11.2. The maximum absolute atomic E-state index is 11.8. The molecule has 1 amide bonds. The molecule has 0 fully saturated rings. The fourth-order valence-corrected chi connectivity index (χ4v) is 1.91. The van der Waals surface area contributed by atoms with E-state index in [4.69, 9.17) is 4.42 Å². The molecule has 2 rings (SSSR count). The zero-order valence-electron chi connectivity index (χ0n) is 11.2. The Kier molecular flexibility index (Phi) is 4.36. The first-order chi connectivity index (χ1) is 9.16. The van der Waals surface area contributed by atoms with Crippen LogP contribution in [0.15, 0.2) is 41.0 Å². The number of nitrogens with one attached hydrogen (secondary N) is 2. The minimum atomic E-state index is -0.0519. The van der Waals surface area contributed by atoms with E-state index in [1.54, 1.807) is 6.26 Å². The minimum Gasteiger partial charge on any atom is -0.468 e. The van der Waals surface area contributed by atoms with E-state index < -0.39 is 0 Å². The van der Waals surface area contributed by atoms with Crippen molar-refractivity contribution in [3.05, 3.63) is 53.5 Å². The highest BCUT2D eigenvalue weighted by Crippen LogP contribution is 2.18.